The van der Waals surface area contributed by atoms with E-state index in [0.717, 1.165) is 11.3 Å². The van der Waals surface area contributed by atoms with Gasteiger partial charge in [-0.15, -0.1) is 0 Å². The summed E-state index contributed by atoms with van der Waals surface area (Å²) in [4.78, 5) is 0. The Hall–Kier alpha value is -2.53. The minimum Gasteiger partial charge on any atom is -0.465 e. The summed E-state index contributed by atoms with van der Waals surface area (Å²) in [5.41, 5.74) is 2.74. The summed E-state index contributed by atoms with van der Waals surface area (Å²) in [6.45, 7) is 2.02. The third-order valence-corrected chi connectivity index (χ3v) is 2.55. The van der Waals surface area contributed by atoms with E-state index in [1.807, 2.05) is 55.5 Å². The van der Waals surface area contributed by atoms with Crippen molar-refractivity contribution in [2.45, 2.75) is 6.92 Å². The molecule has 0 aliphatic rings. The van der Waals surface area contributed by atoms with Crippen LogP contribution in [0.2, 0.25) is 0 Å². The highest BCUT2D eigenvalue weighted by atomic mass is 16.3. The maximum Gasteiger partial charge on any atom is 0.126 e. The van der Waals surface area contributed by atoms with Gasteiger partial charge >= 0.3 is 0 Å². The number of nitrogens with zero attached hydrogens (tertiary/aromatic N) is 1. The first-order valence-corrected chi connectivity index (χ1v) is 5.68. The zero-order valence-corrected chi connectivity index (χ0v) is 10.1. The lowest BCUT2D eigenvalue weighted by molar-refractivity contribution is 0.557. The van der Waals surface area contributed by atoms with Crippen molar-refractivity contribution >= 4 is 11.6 Å². The maximum absolute atomic E-state index is 9.13. The maximum atomic E-state index is 9.13. The number of benzene rings is 1. The molecule has 0 saturated carbocycles. The van der Waals surface area contributed by atoms with Gasteiger partial charge in [-0.1, -0.05) is 35.9 Å². The fourth-order valence-corrected chi connectivity index (χ4v) is 1.56. The predicted octanol–water partition coefficient (Wildman–Crippen LogP) is 4.21. The van der Waals surface area contributed by atoms with Gasteiger partial charge in [0, 0.05) is 0 Å². The Morgan fingerprint density at radius 1 is 1.22 bits per heavy atom. The molecule has 88 valence electrons. The lowest BCUT2D eigenvalue weighted by Gasteiger charge is -1.98. The van der Waals surface area contributed by atoms with Crippen molar-refractivity contribution in [2.75, 3.05) is 0 Å². The zero-order chi connectivity index (χ0) is 12.8. The molecule has 0 saturated heterocycles. The third kappa shape index (κ3) is 2.99. The van der Waals surface area contributed by atoms with Crippen LogP contribution in [0, 0.1) is 18.3 Å². The van der Waals surface area contributed by atoms with Gasteiger partial charge in [0.1, 0.15) is 5.76 Å². The SMILES string of the molecule is Cc1ccc(/C(C#N)=C\C=C\c2ccco2)cc1. The van der Waals surface area contributed by atoms with E-state index < -0.39 is 0 Å². The minimum absolute atomic E-state index is 0.637. The highest BCUT2D eigenvalue weighted by Gasteiger charge is 1.98. The van der Waals surface area contributed by atoms with Crippen LogP contribution in [0.5, 0.6) is 0 Å². The quantitative estimate of drug-likeness (QED) is 0.590. The predicted molar refractivity (Wildman–Crippen MR) is 72.5 cm³/mol. The van der Waals surface area contributed by atoms with Gasteiger partial charge in [-0.05, 0) is 36.8 Å². The number of hydrogen-bond acceptors (Lipinski definition) is 2. The molecule has 1 heterocycles. The summed E-state index contributed by atoms with van der Waals surface area (Å²) < 4.78 is 5.17. The van der Waals surface area contributed by atoms with Crippen molar-refractivity contribution in [3.63, 3.8) is 0 Å². The molecule has 0 N–H and O–H groups in total. The molecule has 0 unspecified atom stereocenters. The van der Waals surface area contributed by atoms with Crippen molar-refractivity contribution in [1.29, 1.82) is 5.26 Å². The van der Waals surface area contributed by atoms with Crippen molar-refractivity contribution in [3.8, 4) is 6.07 Å². The topological polar surface area (TPSA) is 36.9 Å². The molecule has 1 aromatic carbocycles. The summed E-state index contributed by atoms with van der Waals surface area (Å²) in [5.74, 6) is 0.771. The van der Waals surface area contributed by atoms with E-state index in [-0.39, 0.29) is 0 Å². The van der Waals surface area contributed by atoms with E-state index >= 15 is 0 Å². The Bertz CT molecular complexity index is 596. The van der Waals surface area contributed by atoms with Crippen LogP contribution >= 0.6 is 0 Å². The number of rotatable bonds is 3. The number of hydrogen-bond donors (Lipinski definition) is 0. The summed E-state index contributed by atoms with van der Waals surface area (Å²) in [7, 11) is 0. The summed E-state index contributed by atoms with van der Waals surface area (Å²) >= 11 is 0. The molecule has 0 amide bonds. The Morgan fingerprint density at radius 2 is 2.00 bits per heavy atom. The molecule has 0 bridgehead atoms. The third-order valence-electron chi connectivity index (χ3n) is 2.55. The van der Waals surface area contributed by atoms with Gasteiger partial charge in [-0.25, -0.2) is 0 Å². The number of nitriles is 1. The van der Waals surface area contributed by atoms with Gasteiger partial charge in [0.25, 0.3) is 0 Å². The minimum atomic E-state index is 0.637. The van der Waals surface area contributed by atoms with Crippen LogP contribution in [0.25, 0.3) is 11.6 Å². The van der Waals surface area contributed by atoms with E-state index in [1.165, 1.54) is 5.56 Å². The molecule has 0 aliphatic carbocycles. The van der Waals surface area contributed by atoms with Crippen LogP contribution < -0.4 is 0 Å². The summed E-state index contributed by atoms with van der Waals surface area (Å²) in [5, 5.41) is 9.13. The Morgan fingerprint density at radius 3 is 2.61 bits per heavy atom. The lowest BCUT2D eigenvalue weighted by Crippen LogP contribution is -1.81. The Labute approximate surface area is 106 Å². The van der Waals surface area contributed by atoms with E-state index in [9.17, 15) is 0 Å². The lowest BCUT2D eigenvalue weighted by atomic mass is 10.1. The Balaban J connectivity index is 2.19. The fourth-order valence-electron chi connectivity index (χ4n) is 1.56. The van der Waals surface area contributed by atoms with E-state index in [4.69, 9.17) is 9.68 Å². The van der Waals surface area contributed by atoms with Gasteiger partial charge < -0.3 is 4.42 Å². The molecule has 2 aromatic rings. The average molecular weight is 235 g/mol. The second-order valence-electron chi connectivity index (χ2n) is 3.93. The molecule has 1 aromatic heterocycles. The molecule has 0 atom stereocenters. The van der Waals surface area contributed by atoms with Crippen LogP contribution in [0.15, 0.2) is 59.2 Å². The smallest absolute Gasteiger partial charge is 0.126 e. The van der Waals surface area contributed by atoms with Crippen LogP contribution in [0.4, 0.5) is 0 Å². The second-order valence-corrected chi connectivity index (χ2v) is 3.93. The molecule has 0 fully saturated rings. The highest BCUT2D eigenvalue weighted by Crippen LogP contribution is 2.15. The number of aryl methyl sites for hydroxylation is 1. The molecular formula is C16H13NO. The van der Waals surface area contributed by atoms with Gasteiger partial charge in [0.05, 0.1) is 17.9 Å². The highest BCUT2D eigenvalue weighted by molar-refractivity contribution is 5.78. The Kier molecular flexibility index (Phi) is 3.78. The summed E-state index contributed by atoms with van der Waals surface area (Å²) in [6.07, 6.45) is 7.05. The molecule has 2 rings (SSSR count). The van der Waals surface area contributed by atoms with E-state index in [1.54, 1.807) is 12.3 Å². The molecule has 18 heavy (non-hydrogen) atoms. The van der Waals surface area contributed by atoms with Crippen molar-refractivity contribution in [3.05, 3.63) is 71.7 Å². The van der Waals surface area contributed by atoms with E-state index in [2.05, 4.69) is 6.07 Å². The summed E-state index contributed by atoms with van der Waals surface area (Å²) in [6, 6.07) is 13.8. The average Bonchev–Trinajstić information content (AvgIpc) is 2.89. The molecule has 0 radical (unpaired) electrons. The molecule has 2 nitrogen and oxygen atoms in total. The van der Waals surface area contributed by atoms with Crippen molar-refractivity contribution in [1.82, 2.24) is 0 Å². The largest absolute Gasteiger partial charge is 0.465 e. The van der Waals surface area contributed by atoms with Gasteiger partial charge in [0.2, 0.25) is 0 Å². The van der Waals surface area contributed by atoms with Crippen LogP contribution in [0.1, 0.15) is 16.9 Å². The van der Waals surface area contributed by atoms with Gasteiger partial charge in [-0.2, -0.15) is 5.26 Å². The number of furan rings is 1. The van der Waals surface area contributed by atoms with Gasteiger partial charge in [0.15, 0.2) is 0 Å². The van der Waals surface area contributed by atoms with Crippen LogP contribution in [-0.4, -0.2) is 0 Å². The van der Waals surface area contributed by atoms with Crippen molar-refractivity contribution in [2.24, 2.45) is 0 Å². The first kappa shape index (κ1) is 11.9. The van der Waals surface area contributed by atoms with Gasteiger partial charge in [-0.3, -0.25) is 0 Å². The van der Waals surface area contributed by atoms with Crippen LogP contribution in [-0.2, 0) is 0 Å². The molecule has 0 spiro atoms. The molecule has 0 aliphatic heterocycles. The zero-order valence-electron chi connectivity index (χ0n) is 10.1. The second kappa shape index (κ2) is 5.70. The normalized spacial score (nSPS) is 11.7. The number of allylic oxidation sites excluding steroid dienone is 3. The standard InChI is InChI=1S/C16H13NO/c1-13-7-9-14(10-8-13)15(12-17)4-2-5-16-6-3-11-18-16/h2-11H,1H3/b5-2+,15-4-. The molecule has 2 heteroatoms. The first-order chi connectivity index (χ1) is 8.79. The van der Waals surface area contributed by atoms with Crippen molar-refractivity contribution < 1.29 is 4.42 Å². The fraction of sp³-hybridized carbons (Fsp3) is 0.0625. The molecular weight excluding hydrogens is 222 g/mol. The van der Waals surface area contributed by atoms with E-state index in [0.29, 0.717) is 5.57 Å². The monoisotopic (exact) mass is 235 g/mol. The first-order valence-electron chi connectivity index (χ1n) is 5.68. The van der Waals surface area contributed by atoms with Crippen LogP contribution in [0.3, 0.4) is 0 Å².